The molecule has 0 atom stereocenters. The molecule has 0 bridgehead atoms. The minimum atomic E-state index is 0. The number of nitrogens with zero attached hydrogens (tertiary/aromatic N) is 1. The van der Waals surface area contributed by atoms with Crippen LogP contribution in [0.15, 0.2) is 0 Å². The molecule has 1 heterocycles. The molecule has 0 amide bonds. The molecule has 2 nitrogen and oxygen atoms in total. The summed E-state index contributed by atoms with van der Waals surface area (Å²) in [5, 5.41) is 7.64. The second-order valence-corrected chi connectivity index (χ2v) is 4.52. The van der Waals surface area contributed by atoms with Gasteiger partial charge < -0.3 is 4.57 Å². The van der Waals surface area contributed by atoms with Crippen LogP contribution >= 0.6 is 35.3 Å². The van der Waals surface area contributed by atoms with Crippen molar-refractivity contribution >= 4 is 35.3 Å². The predicted octanol–water partition coefficient (Wildman–Crippen LogP) is 3.23. The summed E-state index contributed by atoms with van der Waals surface area (Å²) >= 11 is 1.62. The van der Waals surface area contributed by atoms with Crippen molar-refractivity contribution in [3.63, 3.8) is 0 Å². The van der Waals surface area contributed by atoms with Gasteiger partial charge in [-0.25, -0.2) is 0 Å². The Kier molecular flexibility index (Phi) is 6.68. The summed E-state index contributed by atoms with van der Waals surface area (Å²) in [6, 6.07) is 0. The number of aryl methyl sites for hydroxylation is 1. The molecule has 0 fully saturated rings. The monoisotopic (exact) mass is 326 g/mol. The molecule has 82 valence electrons. The maximum atomic E-state index is 7.64. The van der Waals surface area contributed by atoms with Gasteiger partial charge in [0.1, 0.15) is 0 Å². The molecule has 1 N–H and O–H groups in total. The largest absolute Gasteiger partial charge is 0.324 e. The first-order valence-electron chi connectivity index (χ1n) is 4.86. The Balaban J connectivity index is 0.00000169. The minimum absolute atomic E-state index is 0. The molecule has 0 aliphatic heterocycles. The average Bonchev–Trinajstić information content (AvgIpc) is 2.34. The summed E-state index contributed by atoms with van der Waals surface area (Å²) in [6.45, 7) is 4.33. The van der Waals surface area contributed by atoms with Gasteiger partial charge >= 0.3 is 0 Å². The van der Waals surface area contributed by atoms with Crippen molar-refractivity contribution in [2.75, 3.05) is 0 Å². The number of halogens is 1. The molecule has 4 heteroatoms. The van der Waals surface area contributed by atoms with Crippen LogP contribution in [0.5, 0.6) is 0 Å². The van der Waals surface area contributed by atoms with Crippen LogP contribution in [-0.2, 0) is 13.5 Å². The highest BCUT2D eigenvalue weighted by Gasteiger charge is 2.04. The predicted molar refractivity (Wildman–Crippen MR) is 72.5 cm³/mol. The van der Waals surface area contributed by atoms with Crippen LogP contribution in [0.3, 0.4) is 0 Å². The van der Waals surface area contributed by atoms with Gasteiger partial charge in [0.05, 0.1) is 0 Å². The Hall–Kier alpha value is 0.160. The van der Waals surface area contributed by atoms with E-state index in [-0.39, 0.29) is 24.0 Å². The van der Waals surface area contributed by atoms with Gasteiger partial charge in [-0.15, -0.1) is 35.3 Å². The van der Waals surface area contributed by atoms with Crippen LogP contribution in [0, 0.1) is 12.3 Å². The summed E-state index contributed by atoms with van der Waals surface area (Å²) in [7, 11) is 1.97. The first-order valence-corrected chi connectivity index (χ1v) is 5.68. The number of nitrogens with one attached hydrogen (secondary N) is 1. The van der Waals surface area contributed by atoms with Crippen LogP contribution in [-0.4, -0.2) is 4.57 Å². The minimum Gasteiger partial charge on any atom is -0.324 e. The first-order chi connectivity index (χ1) is 6.16. The SMILES string of the molecule is CCCCCc1sc(=N)n(C)c1C.I. The van der Waals surface area contributed by atoms with E-state index in [0.717, 1.165) is 6.42 Å². The fourth-order valence-electron chi connectivity index (χ4n) is 1.37. The zero-order valence-corrected chi connectivity index (χ0v) is 12.2. The number of thiazole rings is 1. The molecule has 0 unspecified atom stereocenters. The van der Waals surface area contributed by atoms with Crippen LogP contribution in [0.4, 0.5) is 0 Å². The summed E-state index contributed by atoms with van der Waals surface area (Å²) < 4.78 is 1.96. The number of aromatic nitrogens is 1. The molecule has 1 rings (SSSR count). The Bertz CT molecular complexity index is 327. The topological polar surface area (TPSA) is 28.8 Å². The number of unbranched alkanes of at least 4 members (excludes halogenated alkanes) is 2. The molecule has 1 aromatic rings. The third kappa shape index (κ3) is 3.38. The molecule has 0 saturated heterocycles. The zero-order valence-electron chi connectivity index (χ0n) is 9.09. The van der Waals surface area contributed by atoms with E-state index >= 15 is 0 Å². The summed E-state index contributed by atoms with van der Waals surface area (Å²) in [5.41, 5.74) is 1.27. The molecular formula is C10H19IN2S. The van der Waals surface area contributed by atoms with E-state index in [9.17, 15) is 0 Å². The van der Waals surface area contributed by atoms with Gasteiger partial charge in [0, 0.05) is 17.6 Å². The Labute approximate surface area is 107 Å². The summed E-state index contributed by atoms with van der Waals surface area (Å²) in [4.78, 5) is 2.06. The van der Waals surface area contributed by atoms with Gasteiger partial charge in [-0.2, -0.15) is 0 Å². The van der Waals surface area contributed by atoms with Crippen molar-refractivity contribution < 1.29 is 0 Å². The van der Waals surface area contributed by atoms with Crippen molar-refractivity contribution in [3.05, 3.63) is 15.4 Å². The fourth-order valence-corrected chi connectivity index (χ4v) is 2.40. The third-order valence-corrected chi connectivity index (χ3v) is 3.65. The number of hydrogen-bond acceptors (Lipinski definition) is 2. The van der Waals surface area contributed by atoms with Crippen LogP contribution < -0.4 is 4.80 Å². The van der Waals surface area contributed by atoms with Crippen molar-refractivity contribution in [2.45, 2.75) is 39.5 Å². The van der Waals surface area contributed by atoms with Crippen molar-refractivity contribution in [2.24, 2.45) is 7.05 Å². The first kappa shape index (κ1) is 14.2. The molecule has 0 saturated carbocycles. The second-order valence-electron chi connectivity index (χ2n) is 3.43. The molecule has 0 aliphatic carbocycles. The highest BCUT2D eigenvalue weighted by atomic mass is 127. The van der Waals surface area contributed by atoms with E-state index in [1.807, 2.05) is 11.6 Å². The van der Waals surface area contributed by atoms with E-state index in [2.05, 4.69) is 13.8 Å². The van der Waals surface area contributed by atoms with E-state index in [1.165, 1.54) is 29.8 Å². The maximum Gasteiger partial charge on any atom is 0.182 e. The summed E-state index contributed by atoms with van der Waals surface area (Å²) in [5.74, 6) is 0. The average molecular weight is 326 g/mol. The van der Waals surface area contributed by atoms with E-state index in [1.54, 1.807) is 11.3 Å². The van der Waals surface area contributed by atoms with E-state index in [0.29, 0.717) is 4.80 Å². The van der Waals surface area contributed by atoms with Crippen LogP contribution in [0.2, 0.25) is 0 Å². The third-order valence-electron chi connectivity index (χ3n) is 2.44. The number of rotatable bonds is 4. The van der Waals surface area contributed by atoms with Gasteiger partial charge in [-0.1, -0.05) is 19.8 Å². The molecule has 1 aromatic heterocycles. The van der Waals surface area contributed by atoms with Gasteiger partial charge in [0.25, 0.3) is 0 Å². The highest BCUT2D eigenvalue weighted by Crippen LogP contribution is 2.14. The molecule has 0 aliphatic rings. The lowest BCUT2D eigenvalue weighted by Crippen LogP contribution is -2.08. The number of hydrogen-bond donors (Lipinski definition) is 1. The summed E-state index contributed by atoms with van der Waals surface area (Å²) in [6.07, 6.45) is 4.98. The van der Waals surface area contributed by atoms with E-state index in [4.69, 9.17) is 5.41 Å². The van der Waals surface area contributed by atoms with Crippen molar-refractivity contribution in [1.29, 1.82) is 5.41 Å². The lowest BCUT2D eigenvalue weighted by atomic mass is 10.2. The quantitative estimate of drug-likeness (QED) is 0.650. The van der Waals surface area contributed by atoms with Gasteiger partial charge in [-0.3, -0.25) is 5.41 Å². The van der Waals surface area contributed by atoms with E-state index < -0.39 is 0 Å². The Morgan fingerprint density at radius 1 is 1.36 bits per heavy atom. The smallest absolute Gasteiger partial charge is 0.182 e. The Morgan fingerprint density at radius 2 is 2.00 bits per heavy atom. The lowest BCUT2D eigenvalue weighted by molar-refractivity contribution is 0.714. The van der Waals surface area contributed by atoms with Gasteiger partial charge in [0.15, 0.2) is 4.80 Å². The standard InChI is InChI=1S/C10H18N2S.HI/c1-4-5-6-7-9-8(2)12(3)10(11)13-9;/h11H,4-7H2,1-3H3;1H. The molecule has 0 spiro atoms. The van der Waals surface area contributed by atoms with Gasteiger partial charge in [-0.05, 0) is 19.8 Å². The van der Waals surface area contributed by atoms with Crippen LogP contribution in [0.1, 0.15) is 36.8 Å². The lowest BCUT2D eigenvalue weighted by Gasteiger charge is -1.99. The van der Waals surface area contributed by atoms with Crippen molar-refractivity contribution in [1.82, 2.24) is 4.57 Å². The van der Waals surface area contributed by atoms with Gasteiger partial charge in [0.2, 0.25) is 0 Å². The van der Waals surface area contributed by atoms with Crippen LogP contribution in [0.25, 0.3) is 0 Å². The fraction of sp³-hybridized carbons (Fsp3) is 0.700. The zero-order chi connectivity index (χ0) is 9.84. The maximum absolute atomic E-state index is 7.64. The van der Waals surface area contributed by atoms with Crippen molar-refractivity contribution in [3.8, 4) is 0 Å². The molecular weight excluding hydrogens is 307 g/mol. The Morgan fingerprint density at radius 3 is 2.43 bits per heavy atom. The molecule has 14 heavy (non-hydrogen) atoms. The highest BCUT2D eigenvalue weighted by molar-refractivity contribution is 14.0. The normalized spacial score (nSPS) is 9.93. The molecule has 0 aromatic carbocycles. The molecule has 0 radical (unpaired) electrons. The second kappa shape index (κ2) is 6.61.